The van der Waals surface area contributed by atoms with Crippen LogP contribution < -0.4 is 19.5 Å². The van der Waals surface area contributed by atoms with Crippen LogP contribution in [0.2, 0.25) is 0 Å². The number of alkyl halides is 3. The first-order chi connectivity index (χ1) is 13.8. The Kier molecular flexibility index (Phi) is 5.53. The number of imidazole rings is 1. The molecule has 154 valence electrons. The van der Waals surface area contributed by atoms with E-state index in [0.717, 1.165) is 12.3 Å². The molecule has 0 saturated carbocycles. The molecule has 0 spiro atoms. The summed E-state index contributed by atoms with van der Waals surface area (Å²) in [5, 5.41) is 2.67. The third-order valence-electron chi connectivity index (χ3n) is 4.19. The summed E-state index contributed by atoms with van der Waals surface area (Å²) in [6.45, 7) is 0.0263. The van der Waals surface area contributed by atoms with E-state index >= 15 is 0 Å². The molecular formula is C19H18F3N3O4. The van der Waals surface area contributed by atoms with Crippen molar-refractivity contribution in [3.8, 4) is 17.2 Å². The largest absolute Gasteiger partial charge is 0.493 e. The lowest BCUT2D eigenvalue weighted by Crippen LogP contribution is -2.23. The first kappa shape index (κ1) is 20.3. The standard InChI is InChI=1S/C19H18F3N3O4/c1-27-14-6-11(7-15(28-2)17(14)29-3)18(26)23-8-13-10-25-9-12(19(20,21)22)4-5-16(25)24-13/h4-7,9-10H,8H2,1-3H3,(H,23,26). The molecule has 1 amide bonds. The summed E-state index contributed by atoms with van der Waals surface area (Å²) in [7, 11) is 4.32. The van der Waals surface area contributed by atoms with Gasteiger partial charge in [-0.25, -0.2) is 4.98 Å². The van der Waals surface area contributed by atoms with Crippen molar-refractivity contribution in [2.24, 2.45) is 0 Å². The zero-order chi connectivity index (χ0) is 21.2. The third kappa shape index (κ3) is 4.20. The topological polar surface area (TPSA) is 74.1 Å². The minimum Gasteiger partial charge on any atom is -0.493 e. The molecule has 7 nitrogen and oxygen atoms in total. The number of rotatable bonds is 6. The Bertz CT molecular complexity index is 1020. The molecule has 0 fully saturated rings. The van der Waals surface area contributed by atoms with Gasteiger partial charge in [0.2, 0.25) is 5.75 Å². The van der Waals surface area contributed by atoms with Crippen LogP contribution in [0.5, 0.6) is 17.2 Å². The first-order valence-corrected chi connectivity index (χ1v) is 8.40. The number of aromatic nitrogens is 2. The highest BCUT2D eigenvalue weighted by atomic mass is 19.4. The molecule has 0 saturated heterocycles. The summed E-state index contributed by atoms with van der Waals surface area (Å²) in [6, 6.07) is 5.22. The van der Waals surface area contributed by atoms with E-state index in [-0.39, 0.29) is 12.1 Å². The number of carbonyl (C=O) groups excluding carboxylic acids is 1. The van der Waals surface area contributed by atoms with Crippen LogP contribution in [0.1, 0.15) is 21.6 Å². The smallest absolute Gasteiger partial charge is 0.417 e. The van der Waals surface area contributed by atoms with Crippen molar-refractivity contribution in [3.63, 3.8) is 0 Å². The maximum absolute atomic E-state index is 12.8. The number of halogens is 3. The van der Waals surface area contributed by atoms with Crippen molar-refractivity contribution in [1.29, 1.82) is 0 Å². The quantitative estimate of drug-likeness (QED) is 0.676. The molecule has 29 heavy (non-hydrogen) atoms. The van der Waals surface area contributed by atoms with E-state index < -0.39 is 17.6 Å². The fourth-order valence-electron chi connectivity index (χ4n) is 2.78. The second-order valence-electron chi connectivity index (χ2n) is 6.01. The van der Waals surface area contributed by atoms with Crippen LogP contribution in [0.3, 0.4) is 0 Å². The fourth-order valence-corrected chi connectivity index (χ4v) is 2.78. The average Bonchev–Trinajstić information content (AvgIpc) is 3.12. The van der Waals surface area contributed by atoms with Gasteiger partial charge in [0, 0.05) is 18.0 Å². The average molecular weight is 409 g/mol. The Hall–Kier alpha value is -3.43. The number of ether oxygens (including phenoxy) is 3. The minimum atomic E-state index is -4.45. The van der Waals surface area contributed by atoms with Crippen LogP contribution in [0, 0.1) is 0 Å². The SMILES string of the molecule is COc1cc(C(=O)NCc2cn3cc(C(F)(F)F)ccc3n2)cc(OC)c1OC. The van der Waals surface area contributed by atoms with Crippen LogP contribution in [0.4, 0.5) is 13.2 Å². The number of hydrogen-bond acceptors (Lipinski definition) is 5. The van der Waals surface area contributed by atoms with Gasteiger partial charge in [0.1, 0.15) is 5.65 Å². The van der Waals surface area contributed by atoms with Gasteiger partial charge in [0.05, 0.1) is 39.1 Å². The van der Waals surface area contributed by atoms with Crippen LogP contribution in [-0.2, 0) is 12.7 Å². The zero-order valence-electron chi connectivity index (χ0n) is 15.8. The van der Waals surface area contributed by atoms with Gasteiger partial charge in [0.25, 0.3) is 5.91 Å². The van der Waals surface area contributed by atoms with Crippen molar-refractivity contribution < 1.29 is 32.2 Å². The number of nitrogens with zero attached hydrogens (tertiary/aromatic N) is 2. The Labute approximate surface area is 164 Å². The lowest BCUT2D eigenvalue weighted by molar-refractivity contribution is -0.137. The minimum absolute atomic E-state index is 0.0263. The van der Waals surface area contributed by atoms with Crippen molar-refractivity contribution in [1.82, 2.24) is 14.7 Å². The van der Waals surface area contributed by atoms with Gasteiger partial charge in [-0.15, -0.1) is 0 Å². The number of methoxy groups -OCH3 is 3. The Morgan fingerprint density at radius 2 is 1.72 bits per heavy atom. The van der Waals surface area contributed by atoms with Crippen LogP contribution in [-0.4, -0.2) is 36.6 Å². The monoisotopic (exact) mass is 409 g/mol. The van der Waals surface area contributed by atoms with Gasteiger partial charge in [-0.3, -0.25) is 4.79 Å². The lowest BCUT2D eigenvalue weighted by Gasteiger charge is -2.13. The molecule has 3 rings (SSSR count). The molecule has 3 aromatic rings. The van der Waals surface area contributed by atoms with Crippen molar-refractivity contribution in [2.45, 2.75) is 12.7 Å². The van der Waals surface area contributed by atoms with Crippen LogP contribution in [0.15, 0.2) is 36.7 Å². The van der Waals surface area contributed by atoms with Gasteiger partial charge in [-0.05, 0) is 24.3 Å². The molecule has 0 unspecified atom stereocenters. The second kappa shape index (κ2) is 7.90. The van der Waals surface area contributed by atoms with Gasteiger partial charge in [0.15, 0.2) is 11.5 Å². The van der Waals surface area contributed by atoms with Gasteiger partial charge in [-0.2, -0.15) is 13.2 Å². The van der Waals surface area contributed by atoms with Crippen molar-refractivity contribution >= 4 is 11.6 Å². The molecular weight excluding hydrogens is 391 g/mol. The van der Waals surface area contributed by atoms with Crippen LogP contribution >= 0.6 is 0 Å². The highest BCUT2D eigenvalue weighted by molar-refractivity contribution is 5.95. The molecule has 1 N–H and O–H groups in total. The highest BCUT2D eigenvalue weighted by Crippen LogP contribution is 2.38. The molecule has 10 heteroatoms. The first-order valence-electron chi connectivity index (χ1n) is 8.40. The summed E-state index contributed by atoms with van der Waals surface area (Å²) in [4.78, 5) is 16.7. The van der Waals surface area contributed by atoms with E-state index in [2.05, 4.69) is 10.3 Å². The predicted molar refractivity (Wildman–Crippen MR) is 97.5 cm³/mol. The molecule has 2 aromatic heterocycles. The number of fused-ring (bicyclic) bond motifs is 1. The summed E-state index contributed by atoms with van der Waals surface area (Å²) in [5.74, 6) is 0.568. The van der Waals surface area contributed by atoms with E-state index in [9.17, 15) is 18.0 Å². The number of benzene rings is 1. The molecule has 1 aromatic carbocycles. The van der Waals surface area contributed by atoms with E-state index in [1.165, 1.54) is 50.1 Å². The number of hydrogen-bond donors (Lipinski definition) is 1. The summed E-state index contributed by atoms with van der Waals surface area (Å²) >= 11 is 0. The van der Waals surface area contributed by atoms with E-state index in [1.54, 1.807) is 0 Å². The normalized spacial score (nSPS) is 11.4. The Morgan fingerprint density at radius 3 is 2.28 bits per heavy atom. The highest BCUT2D eigenvalue weighted by Gasteiger charge is 2.30. The molecule has 0 aliphatic rings. The second-order valence-corrected chi connectivity index (χ2v) is 6.01. The number of pyridine rings is 1. The Morgan fingerprint density at radius 1 is 1.07 bits per heavy atom. The molecule has 0 atom stereocenters. The molecule has 0 aliphatic heterocycles. The molecule has 0 radical (unpaired) electrons. The predicted octanol–water partition coefficient (Wildman–Crippen LogP) is 3.31. The van der Waals surface area contributed by atoms with Crippen molar-refractivity contribution in [3.05, 3.63) is 53.5 Å². The van der Waals surface area contributed by atoms with Crippen LogP contribution in [0.25, 0.3) is 5.65 Å². The molecule has 0 bridgehead atoms. The maximum Gasteiger partial charge on any atom is 0.417 e. The number of nitrogens with one attached hydrogen (secondary N) is 1. The lowest BCUT2D eigenvalue weighted by atomic mass is 10.1. The number of amides is 1. The third-order valence-corrected chi connectivity index (χ3v) is 4.19. The molecule has 2 heterocycles. The Balaban J connectivity index is 1.78. The fraction of sp³-hybridized carbons (Fsp3) is 0.263. The van der Waals surface area contributed by atoms with Crippen molar-refractivity contribution in [2.75, 3.05) is 21.3 Å². The van der Waals surface area contributed by atoms with Gasteiger partial charge in [-0.1, -0.05) is 0 Å². The summed E-state index contributed by atoms with van der Waals surface area (Å²) < 4.78 is 55.4. The van der Waals surface area contributed by atoms with E-state index in [4.69, 9.17) is 14.2 Å². The molecule has 0 aliphatic carbocycles. The summed E-state index contributed by atoms with van der Waals surface area (Å²) in [5.41, 5.74) is 0.234. The summed E-state index contributed by atoms with van der Waals surface area (Å²) in [6.07, 6.45) is -2.06. The van der Waals surface area contributed by atoms with Gasteiger partial charge < -0.3 is 23.9 Å². The number of carbonyl (C=O) groups is 1. The van der Waals surface area contributed by atoms with E-state index in [0.29, 0.717) is 28.6 Å². The van der Waals surface area contributed by atoms with E-state index in [1.807, 2.05) is 0 Å². The maximum atomic E-state index is 12.8. The van der Waals surface area contributed by atoms with Gasteiger partial charge >= 0.3 is 6.18 Å². The zero-order valence-corrected chi connectivity index (χ0v) is 15.8.